The van der Waals surface area contributed by atoms with E-state index in [1.54, 1.807) is 0 Å². The SMILES string of the molecule is CCSCCCN1CCC(N2CCNCC2)C1. The number of nitrogens with zero attached hydrogens (tertiary/aromatic N) is 2. The summed E-state index contributed by atoms with van der Waals surface area (Å²) in [5.41, 5.74) is 0. The highest BCUT2D eigenvalue weighted by molar-refractivity contribution is 7.99. The molecule has 0 saturated carbocycles. The Morgan fingerprint density at radius 3 is 2.82 bits per heavy atom. The zero-order valence-electron chi connectivity index (χ0n) is 11.2. The van der Waals surface area contributed by atoms with Crippen LogP contribution in [0, 0.1) is 0 Å². The summed E-state index contributed by atoms with van der Waals surface area (Å²) in [4.78, 5) is 5.36. The van der Waals surface area contributed by atoms with Crippen molar-refractivity contribution in [1.29, 1.82) is 0 Å². The Balaban J connectivity index is 1.61. The van der Waals surface area contributed by atoms with Crippen LogP contribution in [0.3, 0.4) is 0 Å². The van der Waals surface area contributed by atoms with Crippen LogP contribution in [0.4, 0.5) is 0 Å². The Kier molecular flexibility index (Phi) is 6.12. The smallest absolute Gasteiger partial charge is 0.0236 e. The summed E-state index contributed by atoms with van der Waals surface area (Å²) < 4.78 is 0. The van der Waals surface area contributed by atoms with E-state index in [0.717, 1.165) is 6.04 Å². The molecular weight excluding hydrogens is 230 g/mol. The van der Waals surface area contributed by atoms with E-state index >= 15 is 0 Å². The first-order chi connectivity index (χ1) is 8.40. The van der Waals surface area contributed by atoms with Crippen LogP contribution >= 0.6 is 11.8 Å². The Morgan fingerprint density at radius 2 is 2.06 bits per heavy atom. The van der Waals surface area contributed by atoms with Gasteiger partial charge in [0.25, 0.3) is 0 Å². The first-order valence-electron chi connectivity index (χ1n) is 7.15. The highest BCUT2D eigenvalue weighted by Crippen LogP contribution is 2.16. The molecule has 0 aromatic heterocycles. The summed E-state index contributed by atoms with van der Waals surface area (Å²) in [5.74, 6) is 2.61. The van der Waals surface area contributed by atoms with Gasteiger partial charge in [-0.3, -0.25) is 4.90 Å². The van der Waals surface area contributed by atoms with E-state index in [-0.39, 0.29) is 0 Å². The standard InChI is InChI=1S/C13H27N3S/c1-2-17-11-3-7-15-8-4-13(12-15)16-9-5-14-6-10-16/h13-14H,2-12H2,1H3. The minimum atomic E-state index is 0.843. The summed E-state index contributed by atoms with van der Waals surface area (Å²) in [6.07, 6.45) is 2.76. The second kappa shape index (κ2) is 7.62. The molecule has 17 heavy (non-hydrogen) atoms. The second-order valence-electron chi connectivity index (χ2n) is 5.08. The van der Waals surface area contributed by atoms with Crippen LogP contribution in [-0.4, -0.2) is 73.2 Å². The summed E-state index contributed by atoms with van der Waals surface area (Å²) >= 11 is 2.07. The fraction of sp³-hybridized carbons (Fsp3) is 1.00. The molecule has 2 aliphatic heterocycles. The molecule has 2 heterocycles. The molecule has 2 aliphatic rings. The molecule has 1 unspecified atom stereocenters. The van der Waals surface area contributed by atoms with E-state index in [1.807, 2.05) is 0 Å². The first kappa shape index (κ1) is 13.7. The van der Waals surface area contributed by atoms with Gasteiger partial charge in [-0.1, -0.05) is 6.92 Å². The first-order valence-corrected chi connectivity index (χ1v) is 8.30. The van der Waals surface area contributed by atoms with Crippen molar-refractivity contribution in [3.05, 3.63) is 0 Å². The van der Waals surface area contributed by atoms with Crippen molar-refractivity contribution in [2.75, 3.05) is 57.3 Å². The van der Waals surface area contributed by atoms with Gasteiger partial charge in [-0.15, -0.1) is 0 Å². The Labute approximate surface area is 110 Å². The lowest BCUT2D eigenvalue weighted by Crippen LogP contribution is -2.49. The third kappa shape index (κ3) is 4.43. The monoisotopic (exact) mass is 257 g/mol. The minimum absolute atomic E-state index is 0.843. The highest BCUT2D eigenvalue weighted by Gasteiger charge is 2.27. The predicted molar refractivity (Wildman–Crippen MR) is 76.9 cm³/mol. The van der Waals surface area contributed by atoms with Crippen molar-refractivity contribution in [3.8, 4) is 0 Å². The molecule has 0 radical (unpaired) electrons. The molecule has 3 nitrogen and oxygen atoms in total. The summed E-state index contributed by atoms with van der Waals surface area (Å²) in [7, 11) is 0. The number of hydrogen-bond donors (Lipinski definition) is 1. The molecule has 4 heteroatoms. The van der Waals surface area contributed by atoms with Gasteiger partial charge in [-0.2, -0.15) is 11.8 Å². The average Bonchev–Trinajstić information content (AvgIpc) is 2.85. The third-order valence-corrected chi connectivity index (χ3v) is 4.87. The topological polar surface area (TPSA) is 18.5 Å². The minimum Gasteiger partial charge on any atom is -0.314 e. The lowest BCUT2D eigenvalue weighted by molar-refractivity contribution is 0.171. The van der Waals surface area contributed by atoms with Crippen molar-refractivity contribution in [2.45, 2.75) is 25.8 Å². The molecule has 0 aliphatic carbocycles. The van der Waals surface area contributed by atoms with Gasteiger partial charge in [-0.05, 0) is 37.4 Å². The van der Waals surface area contributed by atoms with Crippen LogP contribution in [0.1, 0.15) is 19.8 Å². The summed E-state index contributed by atoms with van der Waals surface area (Å²) in [6, 6.07) is 0.843. The van der Waals surface area contributed by atoms with Gasteiger partial charge in [0.1, 0.15) is 0 Å². The molecule has 100 valence electrons. The van der Waals surface area contributed by atoms with Crippen LogP contribution in [0.15, 0.2) is 0 Å². The lowest BCUT2D eigenvalue weighted by Gasteiger charge is -2.32. The molecule has 0 spiro atoms. The number of rotatable bonds is 6. The zero-order chi connectivity index (χ0) is 11.9. The number of thioether (sulfide) groups is 1. The van der Waals surface area contributed by atoms with Gasteiger partial charge in [0, 0.05) is 38.8 Å². The maximum Gasteiger partial charge on any atom is 0.0236 e. The highest BCUT2D eigenvalue weighted by atomic mass is 32.2. The van der Waals surface area contributed by atoms with Gasteiger partial charge in [-0.25, -0.2) is 0 Å². The maximum absolute atomic E-state index is 3.44. The van der Waals surface area contributed by atoms with Crippen molar-refractivity contribution < 1.29 is 0 Å². The Morgan fingerprint density at radius 1 is 1.24 bits per heavy atom. The van der Waals surface area contributed by atoms with Gasteiger partial charge in [0.15, 0.2) is 0 Å². The van der Waals surface area contributed by atoms with Crippen LogP contribution in [0.5, 0.6) is 0 Å². The van der Waals surface area contributed by atoms with Gasteiger partial charge in [0.2, 0.25) is 0 Å². The number of nitrogens with one attached hydrogen (secondary N) is 1. The van der Waals surface area contributed by atoms with E-state index in [2.05, 4.69) is 33.8 Å². The molecular formula is C13H27N3S. The van der Waals surface area contributed by atoms with Crippen LogP contribution < -0.4 is 5.32 Å². The fourth-order valence-corrected chi connectivity index (χ4v) is 3.52. The van der Waals surface area contributed by atoms with Gasteiger partial charge in [0.05, 0.1) is 0 Å². The van der Waals surface area contributed by atoms with E-state index in [1.165, 1.54) is 70.2 Å². The molecule has 1 N–H and O–H groups in total. The molecule has 2 rings (SSSR count). The Hall–Kier alpha value is 0.230. The zero-order valence-corrected chi connectivity index (χ0v) is 12.0. The molecule has 1 atom stereocenters. The maximum atomic E-state index is 3.44. The van der Waals surface area contributed by atoms with E-state index in [0.29, 0.717) is 0 Å². The Bertz CT molecular complexity index is 207. The largest absolute Gasteiger partial charge is 0.314 e. The molecule has 0 aromatic carbocycles. The molecule has 0 aromatic rings. The van der Waals surface area contributed by atoms with Crippen molar-refractivity contribution in [3.63, 3.8) is 0 Å². The van der Waals surface area contributed by atoms with Crippen molar-refractivity contribution >= 4 is 11.8 Å². The summed E-state index contributed by atoms with van der Waals surface area (Å²) in [5, 5.41) is 3.44. The van der Waals surface area contributed by atoms with E-state index < -0.39 is 0 Å². The normalized spacial score (nSPS) is 27.7. The molecule has 0 amide bonds. The molecule has 0 bridgehead atoms. The second-order valence-corrected chi connectivity index (χ2v) is 6.47. The lowest BCUT2D eigenvalue weighted by atomic mass is 10.2. The van der Waals surface area contributed by atoms with Gasteiger partial charge >= 0.3 is 0 Å². The molecule has 2 saturated heterocycles. The van der Waals surface area contributed by atoms with E-state index in [4.69, 9.17) is 0 Å². The van der Waals surface area contributed by atoms with Crippen LogP contribution in [-0.2, 0) is 0 Å². The number of piperazine rings is 1. The van der Waals surface area contributed by atoms with E-state index in [9.17, 15) is 0 Å². The third-order valence-electron chi connectivity index (χ3n) is 3.88. The fourth-order valence-electron chi connectivity index (χ4n) is 2.90. The predicted octanol–water partition coefficient (Wildman–Crippen LogP) is 1.11. The summed E-state index contributed by atoms with van der Waals surface area (Å²) in [6.45, 7) is 11.1. The van der Waals surface area contributed by atoms with Crippen molar-refractivity contribution in [1.82, 2.24) is 15.1 Å². The number of likely N-dealkylation sites (tertiary alicyclic amines) is 1. The quantitative estimate of drug-likeness (QED) is 0.718. The van der Waals surface area contributed by atoms with Crippen LogP contribution in [0.25, 0.3) is 0 Å². The molecule has 2 fully saturated rings. The van der Waals surface area contributed by atoms with Crippen molar-refractivity contribution in [2.24, 2.45) is 0 Å². The number of hydrogen-bond acceptors (Lipinski definition) is 4. The van der Waals surface area contributed by atoms with Gasteiger partial charge < -0.3 is 10.2 Å². The average molecular weight is 257 g/mol. The van der Waals surface area contributed by atoms with Crippen LogP contribution in [0.2, 0.25) is 0 Å².